The second-order valence-electron chi connectivity index (χ2n) is 3.75. The van der Waals surface area contributed by atoms with Crippen molar-refractivity contribution in [1.29, 1.82) is 0 Å². The number of benzene rings is 1. The summed E-state index contributed by atoms with van der Waals surface area (Å²) in [5, 5.41) is 11.5. The van der Waals surface area contributed by atoms with Crippen LogP contribution in [0.4, 0.5) is 0 Å². The molecule has 0 aliphatic carbocycles. The van der Waals surface area contributed by atoms with Gasteiger partial charge in [0.2, 0.25) is 5.91 Å². The Bertz CT molecular complexity index is 379. The van der Waals surface area contributed by atoms with Gasteiger partial charge in [0.1, 0.15) is 0 Å². The van der Waals surface area contributed by atoms with Gasteiger partial charge >= 0.3 is 5.97 Å². The van der Waals surface area contributed by atoms with Gasteiger partial charge in [-0.1, -0.05) is 30.3 Å². The van der Waals surface area contributed by atoms with Crippen molar-refractivity contribution < 1.29 is 14.7 Å². The predicted molar refractivity (Wildman–Crippen MR) is 63.1 cm³/mol. The van der Waals surface area contributed by atoms with Crippen molar-refractivity contribution in [2.24, 2.45) is 5.73 Å². The van der Waals surface area contributed by atoms with Crippen LogP contribution in [0, 0.1) is 0 Å². The van der Waals surface area contributed by atoms with Crippen LogP contribution >= 0.6 is 0 Å². The molecule has 0 fully saturated rings. The number of hydrogen-bond donors (Lipinski definition) is 3. The van der Waals surface area contributed by atoms with Crippen LogP contribution in [0.1, 0.15) is 18.4 Å². The van der Waals surface area contributed by atoms with Gasteiger partial charge in [-0.2, -0.15) is 0 Å². The third-order valence-corrected chi connectivity index (χ3v) is 2.39. The number of amides is 1. The molecule has 0 saturated carbocycles. The van der Waals surface area contributed by atoms with E-state index in [1.165, 1.54) is 0 Å². The fourth-order valence-corrected chi connectivity index (χ4v) is 1.45. The maximum absolute atomic E-state index is 11.1. The van der Waals surface area contributed by atoms with Crippen LogP contribution in [-0.2, 0) is 16.1 Å². The van der Waals surface area contributed by atoms with Crippen LogP contribution in [0.15, 0.2) is 30.3 Å². The first kappa shape index (κ1) is 13.2. The Morgan fingerprint density at radius 3 is 2.47 bits per heavy atom. The summed E-state index contributed by atoms with van der Waals surface area (Å²) in [6.45, 7) is 0.494. The molecule has 0 radical (unpaired) electrons. The summed E-state index contributed by atoms with van der Waals surface area (Å²) in [6.07, 6.45) is 0.132. The molecule has 1 aromatic rings. The van der Waals surface area contributed by atoms with Crippen LogP contribution in [0.5, 0.6) is 0 Å². The van der Waals surface area contributed by atoms with Gasteiger partial charge in [-0.3, -0.25) is 9.59 Å². The molecule has 1 aromatic carbocycles. The quantitative estimate of drug-likeness (QED) is 0.642. The zero-order valence-electron chi connectivity index (χ0n) is 9.43. The Morgan fingerprint density at radius 2 is 1.94 bits per heavy atom. The molecule has 4 N–H and O–H groups in total. The van der Waals surface area contributed by atoms with E-state index in [4.69, 9.17) is 10.8 Å². The minimum absolute atomic E-state index is 0.0740. The lowest BCUT2D eigenvalue weighted by atomic mass is 10.1. The van der Waals surface area contributed by atoms with E-state index in [0.29, 0.717) is 6.54 Å². The zero-order valence-corrected chi connectivity index (χ0v) is 9.43. The monoisotopic (exact) mass is 236 g/mol. The molecule has 0 aliphatic rings. The van der Waals surface area contributed by atoms with Gasteiger partial charge < -0.3 is 16.2 Å². The van der Waals surface area contributed by atoms with Crippen LogP contribution in [0.2, 0.25) is 0 Å². The van der Waals surface area contributed by atoms with Gasteiger partial charge in [-0.25, -0.2) is 0 Å². The molecule has 0 heterocycles. The number of hydrogen-bond acceptors (Lipinski definition) is 3. The molecule has 17 heavy (non-hydrogen) atoms. The molecule has 1 rings (SSSR count). The van der Waals surface area contributed by atoms with Crippen molar-refractivity contribution in [3.05, 3.63) is 35.9 Å². The molecular formula is C12H16N2O3. The molecule has 0 aromatic heterocycles. The van der Waals surface area contributed by atoms with Gasteiger partial charge in [0, 0.05) is 13.0 Å². The SMILES string of the molecule is NC(=O)[C@H](CCC(=O)O)NCc1ccccc1. The normalized spacial score (nSPS) is 12.0. The van der Waals surface area contributed by atoms with Crippen LogP contribution < -0.4 is 11.1 Å². The van der Waals surface area contributed by atoms with E-state index < -0.39 is 17.9 Å². The van der Waals surface area contributed by atoms with Crippen LogP contribution in [-0.4, -0.2) is 23.0 Å². The minimum Gasteiger partial charge on any atom is -0.481 e. The second kappa shape index (κ2) is 6.65. The minimum atomic E-state index is -0.933. The highest BCUT2D eigenvalue weighted by molar-refractivity contribution is 5.80. The number of carboxylic acid groups (broad SMARTS) is 1. The number of carbonyl (C=O) groups excluding carboxylic acids is 1. The van der Waals surface area contributed by atoms with E-state index >= 15 is 0 Å². The van der Waals surface area contributed by atoms with Gasteiger partial charge in [0.25, 0.3) is 0 Å². The summed E-state index contributed by atoms with van der Waals surface area (Å²) >= 11 is 0. The lowest BCUT2D eigenvalue weighted by Gasteiger charge is -2.14. The maximum Gasteiger partial charge on any atom is 0.303 e. The topological polar surface area (TPSA) is 92.4 Å². The number of nitrogens with one attached hydrogen (secondary N) is 1. The van der Waals surface area contributed by atoms with E-state index in [1.807, 2.05) is 30.3 Å². The highest BCUT2D eigenvalue weighted by Crippen LogP contribution is 2.01. The van der Waals surface area contributed by atoms with Gasteiger partial charge in [-0.15, -0.1) is 0 Å². The van der Waals surface area contributed by atoms with Crippen LogP contribution in [0.3, 0.4) is 0 Å². The number of nitrogens with two attached hydrogens (primary N) is 1. The Morgan fingerprint density at radius 1 is 1.29 bits per heavy atom. The van der Waals surface area contributed by atoms with Gasteiger partial charge in [-0.05, 0) is 12.0 Å². The molecule has 0 aliphatic heterocycles. The average Bonchev–Trinajstić information content (AvgIpc) is 2.29. The van der Waals surface area contributed by atoms with E-state index in [0.717, 1.165) is 5.56 Å². The maximum atomic E-state index is 11.1. The summed E-state index contributed by atoms with van der Waals surface area (Å²) in [5.74, 6) is -1.46. The van der Waals surface area contributed by atoms with E-state index in [9.17, 15) is 9.59 Å². The third-order valence-electron chi connectivity index (χ3n) is 2.39. The van der Waals surface area contributed by atoms with E-state index in [2.05, 4.69) is 5.32 Å². The van der Waals surface area contributed by atoms with Crippen LogP contribution in [0.25, 0.3) is 0 Å². The van der Waals surface area contributed by atoms with E-state index in [1.54, 1.807) is 0 Å². The average molecular weight is 236 g/mol. The highest BCUT2D eigenvalue weighted by atomic mass is 16.4. The smallest absolute Gasteiger partial charge is 0.303 e. The summed E-state index contributed by atoms with van der Waals surface area (Å²) < 4.78 is 0. The summed E-state index contributed by atoms with van der Waals surface area (Å²) in [7, 11) is 0. The van der Waals surface area contributed by atoms with Crippen molar-refractivity contribution in [2.45, 2.75) is 25.4 Å². The van der Waals surface area contributed by atoms with Crippen molar-refractivity contribution in [3.8, 4) is 0 Å². The molecule has 1 atom stereocenters. The highest BCUT2D eigenvalue weighted by Gasteiger charge is 2.15. The Kier molecular flexibility index (Phi) is 5.16. The molecule has 1 amide bonds. The first-order valence-corrected chi connectivity index (χ1v) is 5.38. The Balaban J connectivity index is 2.45. The number of carboxylic acids is 1. The predicted octanol–water partition coefficient (Wildman–Crippen LogP) is 0.495. The number of rotatable bonds is 7. The first-order valence-electron chi connectivity index (χ1n) is 5.38. The standard InChI is InChI=1S/C12H16N2O3/c13-12(17)10(6-7-11(15)16)14-8-9-4-2-1-3-5-9/h1-5,10,14H,6-8H2,(H2,13,17)(H,15,16)/t10-/m0/s1. The summed E-state index contributed by atoms with van der Waals surface area (Å²) in [4.78, 5) is 21.5. The first-order chi connectivity index (χ1) is 8.09. The zero-order chi connectivity index (χ0) is 12.7. The third kappa shape index (κ3) is 5.12. The number of primary amides is 1. The summed E-state index contributed by atoms with van der Waals surface area (Å²) in [5.41, 5.74) is 6.22. The lowest BCUT2D eigenvalue weighted by Crippen LogP contribution is -2.41. The fraction of sp³-hybridized carbons (Fsp3) is 0.333. The Labute approximate surface area is 99.6 Å². The number of aliphatic carboxylic acids is 1. The second-order valence-corrected chi connectivity index (χ2v) is 3.75. The molecule has 5 heteroatoms. The molecule has 0 bridgehead atoms. The van der Waals surface area contributed by atoms with E-state index in [-0.39, 0.29) is 12.8 Å². The van der Waals surface area contributed by atoms with Gasteiger partial charge in [0.15, 0.2) is 0 Å². The molecule has 5 nitrogen and oxygen atoms in total. The molecular weight excluding hydrogens is 220 g/mol. The molecule has 0 saturated heterocycles. The largest absolute Gasteiger partial charge is 0.481 e. The number of carbonyl (C=O) groups is 2. The lowest BCUT2D eigenvalue weighted by molar-refractivity contribution is -0.137. The molecule has 0 unspecified atom stereocenters. The fourth-order valence-electron chi connectivity index (χ4n) is 1.45. The van der Waals surface area contributed by atoms with Gasteiger partial charge in [0.05, 0.1) is 6.04 Å². The molecule has 92 valence electrons. The van der Waals surface area contributed by atoms with Crippen molar-refractivity contribution in [2.75, 3.05) is 0 Å². The van der Waals surface area contributed by atoms with Crippen molar-refractivity contribution >= 4 is 11.9 Å². The Hall–Kier alpha value is -1.88. The summed E-state index contributed by atoms with van der Waals surface area (Å²) in [6, 6.07) is 8.93. The van der Waals surface area contributed by atoms with Crippen molar-refractivity contribution in [3.63, 3.8) is 0 Å². The molecule has 0 spiro atoms. The van der Waals surface area contributed by atoms with Crippen molar-refractivity contribution in [1.82, 2.24) is 5.32 Å².